The normalized spacial score (nSPS) is 14.3. The Bertz CT molecular complexity index is 224. The molecule has 0 aromatic rings. The molecule has 140 valence electrons. The first kappa shape index (κ1) is 23.5. The van der Waals surface area contributed by atoms with E-state index < -0.39 is 0 Å². The summed E-state index contributed by atoms with van der Waals surface area (Å²) in [7, 11) is 0. The Morgan fingerprint density at radius 3 is 1.26 bits per heavy atom. The van der Waals surface area contributed by atoms with E-state index in [2.05, 4.69) is 43.6 Å². The molecule has 1 heteroatoms. The minimum atomic E-state index is 0.699. The lowest BCUT2D eigenvalue weighted by atomic mass is 9.93. The van der Waals surface area contributed by atoms with Crippen LogP contribution >= 0.6 is 15.9 Å². The Hall–Kier alpha value is 0.480. The SMILES string of the molecule is CCCCCCCCCCCCCCCCC(C)C(Br)C(C)C. The third-order valence-corrected chi connectivity index (χ3v) is 7.15. The number of hydrogen-bond donors (Lipinski definition) is 0. The van der Waals surface area contributed by atoms with Crippen molar-refractivity contribution in [2.24, 2.45) is 11.8 Å². The summed E-state index contributed by atoms with van der Waals surface area (Å²) in [5, 5.41) is 0. The number of rotatable bonds is 17. The Morgan fingerprint density at radius 2 is 0.913 bits per heavy atom. The summed E-state index contributed by atoms with van der Waals surface area (Å²) >= 11 is 3.85. The third-order valence-electron chi connectivity index (χ3n) is 5.19. The standard InChI is InChI=1S/C22H45Br/c1-5-6-7-8-9-10-11-12-13-14-15-16-17-18-19-21(4)22(23)20(2)3/h20-22H,5-19H2,1-4H3. The summed E-state index contributed by atoms with van der Waals surface area (Å²) in [5.74, 6) is 1.59. The quantitative estimate of drug-likeness (QED) is 0.172. The van der Waals surface area contributed by atoms with Gasteiger partial charge in [0.15, 0.2) is 0 Å². The molecule has 2 atom stereocenters. The van der Waals surface area contributed by atoms with Crippen LogP contribution in [0, 0.1) is 11.8 Å². The topological polar surface area (TPSA) is 0 Å². The summed E-state index contributed by atoms with van der Waals surface area (Å²) < 4.78 is 0. The number of alkyl halides is 1. The van der Waals surface area contributed by atoms with Crippen molar-refractivity contribution in [1.82, 2.24) is 0 Å². The molecule has 0 aliphatic carbocycles. The molecule has 0 aromatic heterocycles. The average Bonchev–Trinajstić information content (AvgIpc) is 2.54. The molecule has 0 amide bonds. The van der Waals surface area contributed by atoms with Crippen LogP contribution in [0.15, 0.2) is 0 Å². The van der Waals surface area contributed by atoms with E-state index >= 15 is 0 Å². The lowest BCUT2D eigenvalue weighted by Crippen LogP contribution is -2.17. The Labute approximate surface area is 156 Å². The largest absolute Gasteiger partial charge is 0.0885 e. The molecule has 0 N–H and O–H groups in total. The zero-order chi connectivity index (χ0) is 17.3. The predicted octanol–water partition coefficient (Wildman–Crippen LogP) is 8.91. The fourth-order valence-electron chi connectivity index (χ4n) is 3.48. The second kappa shape index (κ2) is 17.3. The zero-order valence-corrected chi connectivity index (χ0v) is 18.3. The van der Waals surface area contributed by atoms with Crippen molar-refractivity contribution in [3.63, 3.8) is 0 Å². The van der Waals surface area contributed by atoms with Gasteiger partial charge in [0.25, 0.3) is 0 Å². The van der Waals surface area contributed by atoms with Crippen molar-refractivity contribution < 1.29 is 0 Å². The highest BCUT2D eigenvalue weighted by atomic mass is 79.9. The Kier molecular flexibility index (Phi) is 17.7. The first-order chi connectivity index (χ1) is 11.1. The van der Waals surface area contributed by atoms with Gasteiger partial charge in [0, 0.05) is 4.83 Å². The molecule has 2 unspecified atom stereocenters. The monoisotopic (exact) mass is 388 g/mol. The highest BCUT2D eigenvalue weighted by molar-refractivity contribution is 9.09. The molecule has 0 nitrogen and oxygen atoms in total. The zero-order valence-electron chi connectivity index (χ0n) is 16.7. The van der Waals surface area contributed by atoms with E-state index in [0.29, 0.717) is 4.83 Å². The van der Waals surface area contributed by atoms with Gasteiger partial charge in [-0.2, -0.15) is 0 Å². The van der Waals surface area contributed by atoms with Gasteiger partial charge in [-0.3, -0.25) is 0 Å². The van der Waals surface area contributed by atoms with Gasteiger partial charge in [0.2, 0.25) is 0 Å². The summed E-state index contributed by atoms with van der Waals surface area (Å²) in [4.78, 5) is 0.699. The molecule has 0 rings (SSSR count). The summed E-state index contributed by atoms with van der Waals surface area (Å²) in [5.41, 5.74) is 0. The van der Waals surface area contributed by atoms with E-state index in [1.165, 1.54) is 96.3 Å². The fourth-order valence-corrected chi connectivity index (χ4v) is 3.74. The van der Waals surface area contributed by atoms with Gasteiger partial charge in [-0.05, 0) is 18.3 Å². The van der Waals surface area contributed by atoms with Crippen LogP contribution in [0.5, 0.6) is 0 Å². The van der Waals surface area contributed by atoms with Crippen molar-refractivity contribution in [2.75, 3.05) is 0 Å². The maximum Gasteiger partial charge on any atom is 0.0194 e. The van der Waals surface area contributed by atoms with Crippen LogP contribution in [0.4, 0.5) is 0 Å². The maximum absolute atomic E-state index is 3.85. The van der Waals surface area contributed by atoms with Gasteiger partial charge >= 0.3 is 0 Å². The molecule has 0 saturated heterocycles. The predicted molar refractivity (Wildman–Crippen MR) is 112 cm³/mol. The lowest BCUT2D eigenvalue weighted by molar-refractivity contribution is 0.416. The van der Waals surface area contributed by atoms with Crippen LogP contribution in [0.3, 0.4) is 0 Å². The first-order valence-electron chi connectivity index (χ1n) is 10.7. The van der Waals surface area contributed by atoms with Gasteiger partial charge < -0.3 is 0 Å². The maximum atomic E-state index is 3.85. The molecule has 0 bridgehead atoms. The van der Waals surface area contributed by atoms with Crippen molar-refractivity contribution in [1.29, 1.82) is 0 Å². The smallest absolute Gasteiger partial charge is 0.0194 e. The van der Waals surface area contributed by atoms with Gasteiger partial charge in [-0.1, -0.05) is 134 Å². The van der Waals surface area contributed by atoms with Crippen LogP contribution in [-0.4, -0.2) is 4.83 Å². The van der Waals surface area contributed by atoms with E-state index in [1.807, 2.05) is 0 Å². The summed E-state index contributed by atoms with van der Waals surface area (Å²) in [6.45, 7) is 9.34. The lowest BCUT2D eigenvalue weighted by Gasteiger charge is -2.21. The van der Waals surface area contributed by atoms with Crippen LogP contribution < -0.4 is 0 Å². The second-order valence-electron chi connectivity index (χ2n) is 8.05. The summed E-state index contributed by atoms with van der Waals surface area (Å²) in [6, 6.07) is 0. The number of halogens is 1. The Morgan fingerprint density at radius 1 is 0.565 bits per heavy atom. The van der Waals surface area contributed by atoms with E-state index in [1.54, 1.807) is 0 Å². The van der Waals surface area contributed by atoms with E-state index in [-0.39, 0.29) is 0 Å². The fraction of sp³-hybridized carbons (Fsp3) is 1.00. The Balaban J connectivity index is 3.16. The second-order valence-corrected chi connectivity index (χ2v) is 9.11. The van der Waals surface area contributed by atoms with Crippen LogP contribution in [0.1, 0.15) is 124 Å². The molecule has 23 heavy (non-hydrogen) atoms. The minimum absolute atomic E-state index is 0.699. The molecule has 0 heterocycles. The third kappa shape index (κ3) is 15.7. The number of hydrogen-bond acceptors (Lipinski definition) is 0. The van der Waals surface area contributed by atoms with Crippen LogP contribution in [0.2, 0.25) is 0 Å². The molecule has 0 aliphatic heterocycles. The highest BCUT2D eigenvalue weighted by Gasteiger charge is 2.16. The van der Waals surface area contributed by atoms with Gasteiger partial charge in [-0.15, -0.1) is 0 Å². The van der Waals surface area contributed by atoms with Crippen molar-refractivity contribution >= 4 is 15.9 Å². The summed E-state index contributed by atoms with van der Waals surface area (Å²) in [6.07, 6.45) is 21.8. The molecule has 0 radical (unpaired) electrons. The molecule has 0 aromatic carbocycles. The molecular formula is C22H45Br. The van der Waals surface area contributed by atoms with Crippen molar-refractivity contribution in [3.8, 4) is 0 Å². The number of unbranched alkanes of at least 4 members (excludes halogenated alkanes) is 13. The van der Waals surface area contributed by atoms with Gasteiger partial charge in [-0.25, -0.2) is 0 Å². The molecule has 0 fully saturated rings. The van der Waals surface area contributed by atoms with Crippen LogP contribution in [-0.2, 0) is 0 Å². The molecule has 0 spiro atoms. The van der Waals surface area contributed by atoms with Crippen LogP contribution in [0.25, 0.3) is 0 Å². The van der Waals surface area contributed by atoms with E-state index in [4.69, 9.17) is 0 Å². The molecular weight excluding hydrogens is 344 g/mol. The average molecular weight is 390 g/mol. The molecule has 0 saturated carbocycles. The van der Waals surface area contributed by atoms with E-state index in [0.717, 1.165) is 11.8 Å². The van der Waals surface area contributed by atoms with Crippen molar-refractivity contribution in [3.05, 3.63) is 0 Å². The first-order valence-corrected chi connectivity index (χ1v) is 11.6. The van der Waals surface area contributed by atoms with Crippen molar-refractivity contribution in [2.45, 2.75) is 129 Å². The van der Waals surface area contributed by atoms with Gasteiger partial charge in [0.1, 0.15) is 0 Å². The van der Waals surface area contributed by atoms with E-state index in [9.17, 15) is 0 Å². The highest BCUT2D eigenvalue weighted by Crippen LogP contribution is 2.25. The van der Waals surface area contributed by atoms with Gasteiger partial charge in [0.05, 0.1) is 0 Å². The minimum Gasteiger partial charge on any atom is -0.0885 e. The molecule has 0 aliphatic rings.